The minimum absolute atomic E-state index is 0.0449. The number of carbonyl (C=O) groups is 1. The van der Waals surface area contributed by atoms with Gasteiger partial charge in [-0.15, -0.1) is 0 Å². The first-order valence-corrected chi connectivity index (χ1v) is 15.3. The standard InChI is InChI=1S/C34H41N5O3/c1-4-37(3)16-9-10-23(2)36-34(41)27-22-39-29-20-24-11-5-6-12-25(24)21-30(29)42-33-28(14-13-26(31(33)39)32(27)40)35-15-19-38-17-7-8-18-38/h5-6,11-14,20-23,35H,4,7-10,15-19H2,1-3H3,(H,36,41). The third kappa shape index (κ3) is 5.61. The monoisotopic (exact) mass is 567 g/mol. The van der Waals surface area contributed by atoms with Crippen molar-refractivity contribution in [2.45, 2.75) is 45.6 Å². The number of pyridine rings is 1. The van der Waals surface area contributed by atoms with Crippen LogP contribution in [-0.4, -0.2) is 72.6 Å². The number of fused-ring (bicyclic) bond motifs is 3. The van der Waals surface area contributed by atoms with E-state index in [1.807, 2.05) is 41.8 Å². The van der Waals surface area contributed by atoms with E-state index in [-0.39, 0.29) is 22.9 Å². The second-order valence-corrected chi connectivity index (χ2v) is 11.7. The molecule has 8 nitrogen and oxygen atoms in total. The molecule has 1 saturated heterocycles. The van der Waals surface area contributed by atoms with Crippen LogP contribution >= 0.6 is 0 Å². The van der Waals surface area contributed by atoms with Crippen molar-refractivity contribution < 1.29 is 9.53 Å². The van der Waals surface area contributed by atoms with E-state index in [0.29, 0.717) is 22.4 Å². The zero-order chi connectivity index (χ0) is 29.2. The topological polar surface area (TPSA) is 78.8 Å². The molecule has 0 radical (unpaired) electrons. The molecule has 42 heavy (non-hydrogen) atoms. The number of nitrogens with zero attached hydrogens (tertiary/aromatic N) is 3. The fourth-order valence-electron chi connectivity index (χ4n) is 6.13. The number of carbonyl (C=O) groups excluding carboxylic acids is 1. The molecule has 6 rings (SSSR count). The molecule has 1 aromatic heterocycles. The van der Waals surface area contributed by atoms with Crippen molar-refractivity contribution in [3.05, 3.63) is 70.5 Å². The average molecular weight is 568 g/mol. The molecule has 0 aliphatic carbocycles. The number of nitrogens with one attached hydrogen (secondary N) is 2. The molecule has 2 aliphatic heterocycles. The van der Waals surface area contributed by atoms with Gasteiger partial charge in [0.05, 0.1) is 16.8 Å². The SMILES string of the molecule is CCN(C)CCCC(C)NC(=O)c1cn2c3c(c(NCCN4CCCC4)ccc3c1=O)Oc1cc3ccccc3cc1-2. The van der Waals surface area contributed by atoms with Crippen LogP contribution in [0.15, 0.2) is 59.5 Å². The van der Waals surface area contributed by atoms with Gasteiger partial charge in [0.2, 0.25) is 5.43 Å². The van der Waals surface area contributed by atoms with Crippen LogP contribution in [0.2, 0.25) is 0 Å². The normalized spacial score (nSPS) is 15.1. The summed E-state index contributed by atoms with van der Waals surface area (Å²) in [6, 6.07) is 15.9. The van der Waals surface area contributed by atoms with Gasteiger partial charge < -0.3 is 29.7 Å². The molecule has 0 spiro atoms. The largest absolute Gasteiger partial charge is 0.451 e. The molecular weight excluding hydrogens is 526 g/mol. The lowest BCUT2D eigenvalue weighted by Crippen LogP contribution is -2.36. The molecule has 0 bridgehead atoms. The van der Waals surface area contributed by atoms with Crippen molar-refractivity contribution in [3.63, 3.8) is 0 Å². The molecule has 2 aliphatic rings. The molecule has 3 heterocycles. The van der Waals surface area contributed by atoms with Gasteiger partial charge in [-0.05, 0) is 101 Å². The van der Waals surface area contributed by atoms with E-state index < -0.39 is 0 Å². The molecule has 0 saturated carbocycles. The summed E-state index contributed by atoms with van der Waals surface area (Å²) in [5.74, 6) is 0.971. The Morgan fingerprint density at radius 3 is 2.62 bits per heavy atom. The highest BCUT2D eigenvalue weighted by Crippen LogP contribution is 2.45. The number of hydrogen-bond donors (Lipinski definition) is 2. The third-order valence-electron chi connectivity index (χ3n) is 8.70. The smallest absolute Gasteiger partial charge is 0.256 e. The number of amides is 1. The van der Waals surface area contributed by atoms with E-state index in [0.717, 1.165) is 74.3 Å². The molecule has 3 aromatic carbocycles. The van der Waals surface area contributed by atoms with Gasteiger partial charge in [-0.1, -0.05) is 31.2 Å². The lowest BCUT2D eigenvalue weighted by atomic mass is 10.0. The molecule has 8 heteroatoms. The van der Waals surface area contributed by atoms with E-state index in [2.05, 4.69) is 52.6 Å². The number of anilines is 1. The van der Waals surface area contributed by atoms with Crippen LogP contribution in [0.4, 0.5) is 5.69 Å². The van der Waals surface area contributed by atoms with Crippen LogP contribution < -0.4 is 20.8 Å². The van der Waals surface area contributed by atoms with Gasteiger partial charge >= 0.3 is 0 Å². The van der Waals surface area contributed by atoms with Gasteiger partial charge in [0.25, 0.3) is 5.91 Å². The maximum atomic E-state index is 13.8. The molecular formula is C34H41N5O3. The highest BCUT2D eigenvalue weighted by molar-refractivity contribution is 6.02. The fraction of sp³-hybridized carbons (Fsp3) is 0.412. The van der Waals surface area contributed by atoms with Gasteiger partial charge in [-0.3, -0.25) is 9.59 Å². The molecule has 4 aromatic rings. The van der Waals surface area contributed by atoms with Crippen LogP contribution in [0.1, 0.15) is 49.9 Å². The summed E-state index contributed by atoms with van der Waals surface area (Å²) in [7, 11) is 2.10. The van der Waals surface area contributed by atoms with Gasteiger partial charge in [0.15, 0.2) is 11.5 Å². The highest BCUT2D eigenvalue weighted by Gasteiger charge is 2.27. The van der Waals surface area contributed by atoms with E-state index in [1.165, 1.54) is 12.8 Å². The van der Waals surface area contributed by atoms with Crippen molar-refractivity contribution >= 4 is 33.3 Å². The van der Waals surface area contributed by atoms with Crippen molar-refractivity contribution in [2.24, 2.45) is 0 Å². The minimum Gasteiger partial charge on any atom is -0.451 e. The summed E-state index contributed by atoms with van der Waals surface area (Å²) in [5.41, 5.74) is 2.19. The molecule has 220 valence electrons. The Labute approximate surface area is 247 Å². The summed E-state index contributed by atoms with van der Waals surface area (Å²) < 4.78 is 8.53. The fourth-order valence-corrected chi connectivity index (χ4v) is 6.13. The van der Waals surface area contributed by atoms with Gasteiger partial charge in [0.1, 0.15) is 11.1 Å². The highest BCUT2D eigenvalue weighted by atomic mass is 16.5. The van der Waals surface area contributed by atoms with Crippen LogP contribution in [0.5, 0.6) is 11.5 Å². The molecule has 1 unspecified atom stereocenters. The predicted octanol–water partition coefficient (Wildman–Crippen LogP) is 5.61. The number of benzene rings is 3. The van der Waals surface area contributed by atoms with Gasteiger partial charge in [0, 0.05) is 25.3 Å². The van der Waals surface area contributed by atoms with Crippen molar-refractivity contribution in [3.8, 4) is 17.2 Å². The van der Waals surface area contributed by atoms with Gasteiger partial charge in [-0.25, -0.2) is 0 Å². The summed E-state index contributed by atoms with van der Waals surface area (Å²) in [6.07, 6.45) is 6.03. The third-order valence-corrected chi connectivity index (χ3v) is 8.70. The maximum Gasteiger partial charge on any atom is 0.256 e. The Bertz CT molecular complexity index is 1670. The van der Waals surface area contributed by atoms with Crippen LogP contribution in [0.25, 0.3) is 27.4 Å². The Hall–Kier alpha value is -3.88. The first kappa shape index (κ1) is 28.2. The van der Waals surface area contributed by atoms with Crippen LogP contribution in [-0.2, 0) is 0 Å². The van der Waals surface area contributed by atoms with E-state index in [1.54, 1.807) is 6.20 Å². The summed E-state index contributed by atoms with van der Waals surface area (Å²) in [4.78, 5) is 32.0. The summed E-state index contributed by atoms with van der Waals surface area (Å²) in [6.45, 7) is 10.1. The first-order chi connectivity index (χ1) is 20.4. The average Bonchev–Trinajstić information content (AvgIpc) is 3.51. The zero-order valence-electron chi connectivity index (χ0n) is 24.9. The number of hydrogen-bond acceptors (Lipinski definition) is 6. The molecule has 1 amide bonds. The van der Waals surface area contributed by atoms with E-state index in [9.17, 15) is 9.59 Å². The zero-order valence-corrected chi connectivity index (χ0v) is 24.9. The van der Waals surface area contributed by atoms with E-state index >= 15 is 0 Å². The molecule has 2 N–H and O–H groups in total. The Kier molecular flexibility index (Phi) is 8.18. The lowest BCUT2D eigenvalue weighted by Gasteiger charge is -2.27. The van der Waals surface area contributed by atoms with Gasteiger partial charge in [-0.2, -0.15) is 0 Å². The van der Waals surface area contributed by atoms with Crippen molar-refractivity contribution in [2.75, 3.05) is 51.6 Å². The number of likely N-dealkylation sites (tertiary alicyclic amines) is 1. The number of aromatic nitrogens is 1. The predicted molar refractivity (Wildman–Crippen MR) is 171 cm³/mol. The second-order valence-electron chi connectivity index (χ2n) is 11.7. The molecule has 1 fully saturated rings. The van der Waals surface area contributed by atoms with Crippen molar-refractivity contribution in [1.82, 2.24) is 19.7 Å². The Morgan fingerprint density at radius 1 is 1.10 bits per heavy atom. The Balaban J connectivity index is 1.37. The van der Waals surface area contributed by atoms with Crippen LogP contribution in [0.3, 0.4) is 0 Å². The Morgan fingerprint density at radius 2 is 1.86 bits per heavy atom. The first-order valence-electron chi connectivity index (χ1n) is 15.3. The van der Waals surface area contributed by atoms with E-state index in [4.69, 9.17) is 4.74 Å². The van der Waals surface area contributed by atoms with Crippen molar-refractivity contribution in [1.29, 1.82) is 0 Å². The lowest BCUT2D eigenvalue weighted by molar-refractivity contribution is 0.0936. The number of ether oxygens (including phenoxy) is 1. The van der Waals surface area contributed by atoms with Crippen LogP contribution in [0, 0.1) is 0 Å². The molecule has 1 atom stereocenters. The quantitative estimate of drug-likeness (QED) is 0.216. The summed E-state index contributed by atoms with van der Waals surface area (Å²) in [5, 5.41) is 9.24. The number of rotatable bonds is 11. The summed E-state index contributed by atoms with van der Waals surface area (Å²) >= 11 is 0. The maximum absolute atomic E-state index is 13.8. The second kappa shape index (κ2) is 12.2. The minimum atomic E-state index is -0.342.